The number of hydrogen-bond acceptors (Lipinski definition) is 3. The first kappa shape index (κ1) is 15.3. The summed E-state index contributed by atoms with van der Waals surface area (Å²) in [4.78, 5) is 2.79. The molecule has 0 aromatic rings. The fourth-order valence-corrected chi connectivity index (χ4v) is 4.32. The van der Waals surface area contributed by atoms with Crippen LogP contribution in [0.15, 0.2) is 0 Å². The van der Waals surface area contributed by atoms with Crippen LogP contribution in [0.5, 0.6) is 0 Å². The van der Waals surface area contributed by atoms with Crippen molar-refractivity contribution in [2.24, 2.45) is 5.84 Å². The van der Waals surface area contributed by atoms with E-state index in [2.05, 4.69) is 17.2 Å². The maximum absolute atomic E-state index is 5.95. The number of unbranched alkanes of at least 4 members (excludes halogenated alkanes) is 2. The zero-order valence-electron chi connectivity index (χ0n) is 12.8. The third-order valence-corrected chi connectivity index (χ3v) is 5.40. The van der Waals surface area contributed by atoms with Crippen molar-refractivity contribution in [1.82, 2.24) is 10.3 Å². The predicted octanol–water partition coefficient (Wildman–Crippen LogP) is 3.20. The van der Waals surface area contributed by atoms with Crippen LogP contribution in [0.4, 0.5) is 0 Å². The van der Waals surface area contributed by atoms with Crippen LogP contribution in [-0.2, 0) is 0 Å². The highest BCUT2D eigenvalue weighted by molar-refractivity contribution is 5.03. The molecule has 1 heterocycles. The second kappa shape index (κ2) is 7.61. The summed E-state index contributed by atoms with van der Waals surface area (Å²) in [5.41, 5.74) is 3.58. The Balaban J connectivity index is 2.02. The molecule has 1 aliphatic carbocycles. The van der Waals surface area contributed by atoms with Gasteiger partial charge in [-0.15, -0.1) is 0 Å². The highest BCUT2D eigenvalue weighted by atomic mass is 15.3. The van der Waals surface area contributed by atoms with E-state index in [0.29, 0.717) is 11.6 Å². The number of hydrazine groups is 1. The van der Waals surface area contributed by atoms with Gasteiger partial charge < -0.3 is 0 Å². The molecular formula is C16H33N3. The number of nitrogens with two attached hydrogens (primary N) is 1. The molecule has 3 N–H and O–H groups in total. The molecule has 1 aliphatic heterocycles. The van der Waals surface area contributed by atoms with E-state index in [0.717, 1.165) is 0 Å². The average Bonchev–Trinajstić information content (AvgIpc) is 2.95. The SMILES string of the molecule is CCCCCC(NN)C1(N2CCCCC2)CCCC1. The molecular weight excluding hydrogens is 234 g/mol. The van der Waals surface area contributed by atoms with Crippen LogP contribution < -0.4 is 11.3 Å². The Labute approximate surface area is 119 Å². The summed E-state index contributed by atoms with van der Waals surface area (Å²) < 4.78 is 0. The Hall–Kier alpha value is -0.120. The van der Waals surface area contributed by atoms with Gasteiger partial charge in [0.2, 0.25) is 0 Å². The quantitative estimate of drug-likeness (QED) is 0.423. The summed E-state index contributed by atoms with van der Waals surface area (Å²) in [5.74, 6) is 5.95. The topological polar surface area (TPSA) is 41.3 Å². The molecule has 19 heavy (non-hydrogen) atoms. The van der Waals surface area contributed by atoms with Gasteiger partial charge in [0.1, 0.15) is 0 Å². The number of rotatable bonds is 7. The fourth-order valence-electron chi connectivity index (χ4n) is 4.32. The van der Waals surface area contributed by atoms with Gasteiger partial charge in [-0.05, 0) is 45.2 Å². The van der Waals surface area contributed by atoms with Gasteiger partial charge in [0.25, 0.3) is 0 Å². The monoisotopic (exact) mass is 267 g/mol. The van der Waals surface area contributed by atoms with Crippen molar-refractivity contribution in [3.63, 3.8) is 0 Å². The molecule has 2 rings (SSSR count). The normalized spacial score (nSPS) is 25.6. The van der Waals surface area contributed by atoms with E-state index in [1.54, 1.807) is 0 Å². The fraction of sp³-hybridized carbons (Fsp3) is 1.00. The molecule has 0 spiro atoms. The molecule has 1 atom stereocenters. The largest absolute Gasteiger partial charge is 0.296 e. The molecule has 3 nitrogen and oxygen atoms in total. The average molecular weight is 267 g/mol. The second-order valence-corrected chi connectivity index (χ2v) is 6.57. The van der Waals surface area contributed by atoms with Crippen LogP contribution >= 0.6 is 0 Å². The Morgan fingerprint density at radius 3 is 2.32 bits per heavy atom. The van der Waals surface area contributed by atoms with E-state index in [4.69, 9.17) is 5.84 Å². The number of nitrogens with zero attached hydrogens (tertiary/aromatic N) is 1. The number of nitrogens with one attached hydrogen (secondary N) is 1. The molecule has 0 aromatic heterocycles. The van der Waals surface area contributed by atoms with Crippen LogP contribution in [0.25, 0.3) is 0 Å². The van der Waals surface area contributed by atoms with Crippen LogP contribution in [0.3, 0.4) is 0 Å². The molecule has 2 aliphatic rings. The first-order valence-electron chi connectivity index (χ1n) is 8.54. The highest BCUT2D eigenvalue weighted by Gasteiger charge is 2.45. The summed E-state index contributed by atoms with van der Waals surface area (Å²) in [5, 5.41) is 0. The lowest BCUT2D eigenvalue weighted by molar-refractivity contribution is 0.0331. The number of likely N-dealkylation sites (tertiary alicyclic amines) is 1. The summed E-state index contributed by atoms with van der Waals surface area (Å²) in [7, 11) is 0. The van der Waals surface area contributed by atoms with Crippen molar-refractivity contribution in [2.75, 3.05) is 13.1 Å². The molecule has 112 valence electrons. The highest BCUT2D eigenvalue weighted by Crippen LogP contribution is 2.40. The summed E-state index contributed by atoms with van der Waals surface area (Å²) in [6.45, 7) is 4.87. The summed E-state index contributed by atoms with van der Waals surface area (Å²) >= 11 is 0. The molecule has 0 amide bonds. The van der Waals surface area contributed by atoms with Gasteiger partial charge in [-0.1, -0.05) is 45.4 Å². The van der Waals surface area contributed by atoms with Crippen molar-refractivity contribution >= 4 is 0 Å². The van der Waals surface area contributed by atoms with Crippen LogP contribution in [0.1, 0.15) is 77.6 Å². The molecule has 2 fully saturated rings. The lowest BCUT2D eigenvalue weighted by atomic mass is 9.82. The van der Waals surface area contributed by atoms with Crippen molar-refractivity contribution in [3.8, 4) is 0 Å². The first-order valence-corrected chi connectivity index (χ1v) is 8.54. The van der Waals surface area contributed by atoms with E-state index in [-0.39, 0.29) is 0 Å². The number of hydrogen-bond donors (Lipinski definition) is 2. The third-order valence-electron chi connectivity index (χ3n) is 5.40. The smallest absolute Gasteiger partial charge is 0.0394 e. The van der Waals surface area contributed by atoms with Gasteiger partial charge in [0, 0.05) is 11.6 Å². The molecule has 1 saturated carbocycles. The van der Waals surface area contributed by atoms with Crippen molar-refractivity contribution < 1.29 is 0 Å². The van der Waals surface area contributed by atoms with E-state index in [1.807, 2.05) is 0 Å². The van der Waals surface area contributed by atoms with E-state index in [9.17, 15) is 0 Å². The molecule has 0 bridgehead atoms. The standard InChI is InChI=1S/C16H33N3/c1-2-3-5-10-15(18-17)16(11-6-7-12-16)19-13-8-4-9-14-19/h15,18H,2-14,17H2,1H3. The summed E-state index contributed by atoms with van der Waals surface area (Å²) in [6.07, 6.45) is 14.9. The number of piperidine rings is 1. The van der Waals surface area contributed by atoms with Gasteiger partial charge >= 0.3 is 0 Å². The van der Waals surface area contributed by atoms with E-state index in [1.165, 1.54) is 83.7 Å². The minimum atomic E-state index is 0.378. The summed E-state index contributed by atoms with van der Waals surface area (Å²) in [6, 6.07) is 0.500. The van der Waals surface area contributed by atoms with Gasteiger partial charge in [0.05, 0.1) is 0 Å². The molecule has 0 aromatic carbocycles. The van der Waals surface area contributed by atoms with Crippen LogP contribution in [-0.4, -0.2) is 29.6 Å². The molecule has 0 radical (unpaired) electrons. The Kier molecular flexibility index (Phi) is 6.11. The van der Waals surface area contributed by atoms with Gasteiger partial charge in [-0.3, -0.25) is 16.2 Å². The Morgan fingerprint density at radius 1 is 1.05 bits per heavy atom. The molecule has 1 unspecified atom stereocenters. The minimum Gasteiger partial charge on any atom is -0.296 e. The molecule has 1 saturated heterocycles. The lowest BCUT2D eigenvalue weighted by Crippen LogP contribution is -2.62. The second-order valence-electron chi connectivity index (χ2n) is 6.57. The van der Waals surface area contributed by atoms with E-state index >= 15 is 0 Å². The Morgan fingerprint density at radius 2 is 1.74 bits per heavy atom. The van der Waals surface area contributed by atoms with Gasteiger partial charge in [-0.2, -0.15) is 0 Å². The van der Waals surface area contributed by atoms with E-state index < -0.39 is 0 Å². The van der Waals surface area contributed by atoms with Crippen molar-refractivity contribution in [3.05, 3.63) is 0 Å². The van der Waals surface area contributed by atoms with Crippen molar-refractivity contribution in [1.29, 1.82) is 0 Å². The maximum Gasteiger partial charge on any atom is 0.0394 e. The zero-order chi connectivity index (χ0) is 13.6. The first-order chi connectivity index (χ1) is 9.33. The van der Waals surface area contributed by atoms with Gasteiger partial charge in [0.15, 0.2) is 0 Å². The Bertz CT molecular complexity index is 242. The maximum atomic E-state index is 5.95. The predicted molar refractivity (Wildman–Crippen MR) is 81.9 cm³/mol. The third kappa shape index (κ3) is 3.50. The van der Waals surface area contributed by atoms with Crippen LogP contribution in [0, 0.1) is 0 Å². The van der Waals surface area contributed by atoms with Crippen molar-refractivity contribution in [2.45, 2.75) is 89.1 Å². The minimum absolute atomic E-state index is 0.378. The van der Waals surface area contributed by atoms with Crippen LogP contribution in [0.2, 0.25) is 0 Å². The van der Waals surface area contributed by atoms with Gasteiger partial charge in [-0.25, -0.2) is 0 Å². The zero-order valence-corrected chi connectivity index (χ0v) is 12.8. The molecule has 3 heteroatoms. The lowest BCUT2D eigenvalue weighted by Gasteiger charge is -2.48.